The van der Waals surface area contributed by atoms with E-state index >= 15 is 0 Å². The molecule has 7 nitrogen and oxygen atoms in total. The number of benzene rings is 3. The fourth-order valence-electron chi connectivity index (χ4n) is 3.22. The van der Waals surface area contributed by atoms with Gasteiger partial charge in [-0.2, -0.15) is 5.26 Å². The van der Waals surface area contributed by atoms with E-state index < -0.39 is 17.6 Å². The molecule has 184 valence electrons. The molecule has 0 saturated heterocycles. The maximum atomic E-state index is 13.0. The Labute approximate surface area is 216 Å². The van der Waals surface area contributed by atoms with Crippen LogP contribution in [0.15, 0.2) is 64.6 Å². The SMILES string of the molecule is COc1cc(/C=C(/C#N)C(=O)Nc2cccc(C)c2C)cc(Br)c1OCC(=O)Nc1ccc(F)cc1. The van der Waals surface area contributed by atoms with E-state index in [0.29, 0.717) is 21.4 Å². The van der Waals surface area contributed by atoms with Crippen molar-refractivity contribution in [2.45, 2.75) is 13.8 Å². The monoisotopic (exact) mass is 551 g/mol. The van der Waals surface area contributed by atoms with Crippen molar-refractivity contribution in [3.8, 4) is 17.6 Å². The van der Waals surface area contributed by atoms with Crippen LogP contribution in [0.3, 0.4) is 0 Å². The summed E-state index contributed by atoms with van der Waals surface area (Å²) in [5.41, 5.74) is 3.40. The van der Waals surface area contributed by atoms with Gasteiger partial charge in [-0.1, -0.05) is 12.1 Å². The quantitative estimate of drug-likeness (QED) is 0.273. The van der Waals surface area contributed by atoms with E-state index in [2.05, 4.69) is 26.6 Å². The van der Waals surface area contributed by atoms with Crippen LogP contribution < -0.4 is 20.1 Å². The van der Waals surface area contributed by atoms with Gasteiger partial charge in [-0.25, -0.2) is 4.39 Å². The van der Waals surface area contributed by atoms with Crippen LogP contribution in [-0.4, -0.2) is 25.5 Å². The fraction of sp³-hybridized carbons (Fsp3) is 0.148. The van der Waals surface area contributed by atoms with E-state index in [1.165, 1.54) is 37.5 Å². The highest BCUT2D eigenvalue weighted by Gasteiger charge is 2.16. The van der Waals surface area contributed by atoms with E-state index in [1.54, 1.807) is 18.2 Å². The lowest BCUT2D eigenvalue weighted by molar-refractivity contribution is -0.118. The molecule has 0 spiro atoms. The molecule has 9 heteroatoms. The second-order valence-corrected chi connectivity index (χ2v) is 8.60. The van der Waals surface area contributed by atoms with Gasteiger partial charge in [-0.3, -0.25) is 9.59 Å². The summed E-state index contributed by atoms with van der Waals surface area (Å²) in [5.74, 6) is -0.845. The third kappa shape index (κ3) is 6.71. The largest absolute Gasteiger partial charge is 0.493 e. The molecule has 0 aromatic heterocycles. The number of halogens is 2. The third-order valence-corrected chi connectivity index (χ3v) is 5.85. The average molecular weight is 552 g/mol. The van der Waals surface area contributed by atoms with Crippen LogP contribution in [0, 0.1) is 31.0 Å². The van der Waals surface area contributed by atoms with Crippen molar-refractivity contribution in [1.82, 2.24) is 0 Å². The number of methoxy groups -OCH3 is 1. The van der Waals surface area contributed by atoms with Gasteiger partial charge in [-0.05, 0) is 95.0 Å². The zero-order valence-electron chi connectivity index (χ0n) is 19.8. The first-order valence-corrected chi connectivity index (χ1v) is 11.6. The highest BCUT2D eigenvalue weighted by molar-refractivity contribution is 9.10. The Balaban J connectivity index is 1.75. The maximum absolute atomic E-state index is 13.0. The number of nitrogens with zero attached hydrogens (tertiary/aromatic N) is 1. The summed E-state index contributed by atoms with van der Waals surface area (Å²) < 4.78 is 24.5. The van der Waals surface area contributed by atoms with Gasteiger partial charge in [0.2, 0.25) is 0 Å². The van der Waals surface area contributed by atoms with Crippen molar-refractivity contribution < 1.29 is 23.5 Å². The standard InChI is InChI=1S/C27H23BrFN3O4/c1-16-5-4-6-23(17(16)2)32-27(34)19(14-30)11-18-12-22(28)26(24(13-18)35-3)36-15-25(33)31-21-9-7-20(29)8-10-21/h4-13H,15H2,1-3H3,(H,31,33)(H,32,34)/b19-11-. The Hall–Kier alpha value is -4.16. The number of rotatable bonds is 8. The number of nitrogens with one attached hydrogen (secondary N) is 2. The predicted octanol–water partition coefficient (Wildman–Crippen LogP) is 5.78. The molecule has 0 aliphatic carbocycles. The molecule has 3 rings (SSSR count). The van der Waals surface area contributed by atoms with E-state index in [0.717, 1.165) is 11.1 Å². The Bertz CT molecular complexity index is 1360. The Morgan fingerprint density at radius 1 is 1.11 bits per heavy atom. The number of carbonyl (C=O) groups is 2. The topological polar surface area (TPSA) is 100 Å². The molecule has 0 heterocycles. The normalized spacial score (nSPS) is 10.8. The van der Waals surface area contributed by atoms with E-state index in [1.807, 2.05) is 32.0 Å². The molecule has 0 atom stereocenters. The average Bonchev–Trinajstić information content (AvgIpc) is 2.85. The van der Waals surface area contributed by atoms with Gasteiger partial charge in [0, 0.05) is 11.4 Å². The summed E-state index contributed by atoms with van der Waals surface area (Å²) in [7, 11) is 1.43. The van der Waals surface area contributed by atoms with Gasteiger partial charge in [0.05, 0.1) is 11.6 Å². The first-order chi connectivity index (χ1) is 17.2. The molecule has 0 saturated carbocycles. The first-order valence-electron chi connectivity index (χ1n) is 10.8. The van der Waals surface area contributed by atoms with E-state index in [4.69, 9.17) is 9.47 Å². The smallest absolute Gasteiger partial charge is 0.266 e. The number of hydrogen-bond donors (Lipinski definition) is 2. The summed E-state index contributed by atoms with van der Waals surface area (Å²) in [6, 6.07) is 16.0. The van der Waals surface area contributed by atoms with E-state index in [-0.39, 0.29) is 23.7 Å². The molecule has 0 fully saturated rings. The predicted molar refractivity (Wildman–Crippen MR) is 139 cm³/mol. The molecular weight excluding hydrogens is 529 g/mol. The maximum Gasteiger partial charge on any atom is 0.266 e. The van der Waals surface area contributed by atoms with Gasteiger partial charge in [-0.15, -0.1) is 0 Å². The highest BCUT2D eigenvalue weighted by atomic mass is 79.9. The summed E-state index contributed by atoms with van der Waals surface area (Å²) in [6.07, 6.45) is 1.43. The highest BCUT2D eigenvalue weighted by Crippen LogP contribution is 2.37. The van der Waals surface area contributed by atoms with Crippen LogP contribution in [0.4, 0.5) is 15.8 Å². The minimum absolute atomic E-state index is 0.0998. The lowest BCUT2D eigenvalue weighted by Crippen LogP contribution is -2.20. The number of hydrogen-bond acceptors (Lipinski definition) is 5. The second-order valence-electron chi connectivity index (χ2n) is 7.75. The van der Waals surface area contributed by atoms with Crippen molar-refractivity contribution in [1.29, 1.82) is 5.26 Å². The van der Waals surface area contributed by atoms with Crippen LogP contribution in [-0.2, 0) is 9.59 Å². The van der Waals surface area contributed by atoms with Crippen molar-refractivity contribution in [2.75, 3.05) is 24.4 Å². The van der Waals surface area contributed by atoms with Crippen LogP contribution in [0.25, 0.3) is 6.08 Å². The van der Waals surface area contributed by atoms with Crippen molar-refractivity contribution in [3.05, 3.63) is 87.2 Å². The van der Waals surface area contributed by atoms with Gasteiger partial charge in [0.15, 0.2) is 18.1 Å². The van der Waals surface area contributed by atoms with Crippen LogP contribution in [0.5, 0.6) is 11.5 Å². The summed E-state index contributed by atoms with van der Waals surface area (Å²) in [4.78, 5) is 25.0. The Kier molecular flexibility index (Phi) is 8.81. The molecule has 0 radical (unpaired) electrons. The zero-order valence-corrected chi connectivity index (χ0v) is 21.4. The molecule has 2 N–H and O–H groups in total. The third-order valence-electron chi connectivity index (χ3n) is 5.26. The summed E-state index contributed by atoms with van der Waals surface area (Å²) >= 11 is 3.39. The zero-order chi connectivity index (χ0) is 26.2. The van der Waals surface area contributed by atoms with Gasteiger partial charge >= 0.3 is 0 Å². The number of nitriles is 1. The number of amides is 2. The Morgan fingerprint density at radius 3 is 2.50 bits per heavy atom. The van der Waals surface area contributed by atoms with Crippen molar-refractivity contribution in [2.24, 2.45) is 0 Å². The van der Waals surface area contributed by atoms with Crippen LogP contribution in [0.1, 0.15) is 16.7 Å². The molecule has 0 unspecified atom stereocenters. The van der Waals surface area contributed by atoms with Crippen molar-refractivity contribution >= 4 is 45.2 Å². The number of anilines is 2. The van der Waals surface area contributed by atoms with Gasteiger partial charge < -0.3 is 20.1 Å². The second kappa shape index (κ2) is 12.0. The molecular formula is C27H23BrFN3O4. The minimum atomic E-state index is -0.543. The number of ether oxygens (including phenoxy) is 2. The molecule has 0 aliphatic rings. The number of aryl methyl sites for hydroxylation is 1. The lowest BCUT2D eigenvalue weighted by Gasteiger charge is -2.14. The summed E-state index contributed by atoms with van der Waals surface area (Å²) in [6.45, 7) is 3.50. The molecule has 0 bridgehead atoms. The Morgan fingerprint density at radius 2 is 1.83 bits per heavy atom. The van der Waals surface area contributed by atoms with E-state index in [9.17, 15) is 19.2 Å². The fourth-order valence-corrected chi connectivity index (χ4v) is 3.80. The minimum Gasteiger partial charge on any atom is -0.493 e. The molecule has 3 aromatic carbocycles. The van der Waals surface area contributed by atoms with Crippen molar-refractivity contribution in [3.63, 3.8) is 0 Å². The lowest BCUT2D eigenvalue weighted by atomic mass is 10.1. The van der Waals surface area contributed by atoms with Crippen LogP contribution in [0.2, 0.25) is 0 Å². The number of carbonyl (C=O) groups excluding carboxylic acids is 2. The molecule has 3 aromatic rings. The van der Waals surface area contributed by atoms with Gasteiger partial charge in [0.1, 0.15) is 17.5 Å². The van der Waals surface area contributed by atoms with Gasteiger partial charge in [0.25, 0.3) is 11.8 Å². The molecule has 36 heavy (non-hydrogen) atoms. The molecule has 2 amide bonds. The summed E-state index contributed by atoms with van der Waals surface area (Å²) in [5, 5.41) is 15.0. The molecule has 0 aliphatic heterocycles. The van der Waals surface area contributed by atoms with Crippen LogP contribution >= 0.6 is 15.9 Å². The first kappa shape index (κ1) is 26.4.